The van der Waals surface area contributed by atoms with Gasteiger partial charge in [0, 0.05) is 39.4 Å². The Morgan fingerprint density at radius 2 is 2.06 bits per heavy atom. The number of imidazole rings is 1. The van der Waals surface area contributed by atoms with Crippen LogP contribution in [0.1, 0.15) is 17.3 Å². The molecule has 10 nitrogen and oxygen atoms in total. The summed E-state index contributed by atoms with van der Waals surface area (Å²) in [5.41, 5.74) is 0.649. The molecule has 31 heavy (non-hydrogen) atoms. The molecule has 0 aliphatic carbocycles. The molecule has 0 unspecified atom stereocenters. The first-order chi connectivity index (χ1) is 15.0. The zero-order chi connectivity index (χ0) is 22.0. The summed E-state index contributed by atoms with van der Waals surface area (Å²) >= 11 is 1.18. The van der Waals surface area contributed by atoms with Gasteiger partial charge in [-0.1, -0.05) is 5.92 Å². The molecule has 1 saturated heterocycles. The number of carboxylic acid groups (broad SMARTS) is 1. The largest absolute Gasteiger partial charge is 0.478 e. The Morgan fingerprint density at radius 3 is 2.71 bits per heavy atom. The number of piperazine rings is 1. The second-order valence-corrected chi connectivity index (χ2v) is 7.87. The number of hydrogen-bond donors (Lipinski definition) is 2. The smallest absolute Gasteiger partial charge is 0.337 e. The van der Waals surface area contributed by atoms with Crippen LogP contribution in [0, 0.1) is 11.8 Å². The van der Waals surface area contributed by atoms with E-state index < -0.39 is 5.97 Å². The van der Waals surface area contributed by atoms with Crippen LogP contribution in [0.5, 0.6) is 0 Å². The standard InChI is InChI=1S/C20H21N7O3S/c1-3-4-9-27-15-16(23-19(27)26-10-7-21-8-11-26)24-20(25(2)17(15)28)31-14-6-5-13(12-22-14)18(29)30/h5-6,12,21H,7-11H2,1-2H3,(H,29,30). The molecular weight excluding hydrogens is 418 g/mol. The molecule has 0 radical (unpaired) electrons. The molecule has 0 bridgehead atoms. The summed E-state index contributed by atoms with van der Waals surface area (Å²) in [5, 5.41) is 13.3. The topological polar surface area (TPSA) is 118 Å². The van der Waals surface area contributed by atoms with Gasteiger partial charge in [-0.2, -0.15) is 4.98 Å². The molecule has 0 amide bonds. The lowest BCUT2D eigenvalue weighted by Crippen LogP contribution is -2.44. The maximum absolute atomic E-state index is 13.2. The van der Waals surface area contributed by atoms with Crippen LogP contribution in [0.25, 0.3) is 11.2 Å². The Morgan fingerprint density at radius 1 is 1.29 bits per heavy atom. The summed E-state index contributed by atoms with van der Waals surface area (Å²) in [6, 6.07) is 3.06. The molecule has 1 aliphatic rings. The number of pyridine rings is 1. The lowest BCUT2D eigenvalue weighted by atomic mass is 10.3. The van der Waals surface area contributed by atoms with E-state index in [1.807, 2.05) is 4.57 Å². The minimum atomic E-state index is -1.04. The number of nitrogens with zero attached hydrogens (tertiary/aromatic N) is 6. The molecule has 0 spiro atoms. The van der Waals surface area contributed by atoms with Gasteiger partial charge >= 0.3 is 5.97 Å². The van der Waals surface area contributed by atoms with Gasteiger partial charge in [0.2, 0.25) is 5.95 Å². The fourth-order valence-electron chi connectivity index (χ4n) is 3.30. The van der Waals surface area contributed by atoms with Crippen molar-refractivity contribution in [3.8, 4) is 11.8 Å². The Labute approximate surface area is 182 Å². The van der Waals surface area contributed by atoms with Crippen molar-refractivity contribution in [1.82, 2.24) is 29.4 Å². The number of carbonyl (C=O) groups is 1. The Kier molecular flexibility index (Phi) is 5.92. The van der Waals surface area contributed by atoms with Crippen molar-refractivity contribution in [2.24, 2.45) is 7.05 Å². The maximum Gasteiger partial charge on any atom is 0.337 e. The highest BCUT2D eigenvalue weighted by Gasteiger charge is 2.23. The molecule has 11 heteroatoms. The highest BCUT2D eigenvalue weighted by Crippen LogP contribution is 2.26. The molecule has 160 valence electrons. The van der Waals surface area contributed by atoms with E-state index in [0.29, 0.717) is 33.8 Å². The summed E-state index contributed by atoms with van der Waals surface area (Å²) in [5.74, 6) is 5.55. The van der Waals surface area contributed by atoms with Gasteiger partial charge < -0.3 is 15.3 Å². The minimum absolute atomic E-state index is 0.0955. The first-order valence-electron chi connectivity index (χ1n) is 9.69. The van der Waals surface area contributed by atoms with E-state index in [0.717, 1.165) is 26.2 Å². The van der Waals surface area contributed by atoms with Crippen LogP contribution in [0.4, 0.5) is 5.95 Å². The van der Waals surface area contributed by atoms with Gasteiger partial charge in [-0.05, 0) is 30.8 Å². The zero-order valence-electron chi connectivity index (χ0n) is 17.1. The summed E-state index contributed by atoms with van der Waals surface area (Å²) in [6.07, 6.45) is 1.28. The van der Waals surface area contributed by atoms with Crippen molar-refractivity contribution >= 4 is 34.8 Å². The number of aromatic nitrogens is 5. The van der Waals surface area contributed by atoms with E-state index in [1.165, 1.54) is 28.6 Å². The second-order valence-electron chi connectivity index (χ2n) is 6.88. The van der Waals surface area contributed by atoms with Gasteiger partial charge in [0.05, 0.1) is 12.1 Å². The van der Waals surface area contributed by atoms with Crippen LogP contribution in [-0.4, -0.2) is 61.3 Å². The summed E-state index contributed by atoms with van der Waals surface area (Å²) in [7, 11) is 1.65. The second kappa shape index (κ2) is 8.79. The third-order valence-electron chi connectivity index (χ3n) is 4.92. The first kappa shape index (κ1) is 20.9. The van der Waals surface area contributed by atoms with E-state index >= 15 is 0 Å². The molecule has 0 saturated carbocycles. The Bertz CT molecular complexity index is 1250. The molecule has 1 fully saturated rings. The molecule has 2 N–H and O–H groups in total. The van der Waals surface area contributed by atoms with E-state index in [1.54, 1.807) is 20.0 Å². The van der Waals surface area contributed by atoms with E-state index in [4.69, 9.17) is 5.11 Å². The number of anilines is 1. The Balaban J connectivity index is 1.78. The molecule has 1 aliphatic heterocycles. The van der Waals surface area contributed by atoms with E-state index in [-0.39, 0.29) is 11.1 Å². The lowest BCUT2D eigenvalue weighted by Gasteiger charge is -2.28. The van der Waals surface area contributed by atoms with Crippen molar-refractivity contribution in [3.63, 3.8) is 0 Å². The van der Waals surface area contributed by atoms with Crippen LogP contribution < -0.4 is 15.8 Å². The third kappa shape index (κ3) is 4.12. The number of aromatic carboxylic acids is 1. The van der Waals surface area contributed by atoms with Crippen LogP contribution >= 0.6 is 11.8 Å². The van der Waals surface area contributed by atoms with Crippen molar-refractivity contribution in [2.45, 2.75) is 23.7 Å². The number of hydrogen-bond acceptors (Lipinski definition) is 8. The maximum atomic E-state index is 13.2. The van der Waals surface area contributed by atoms with E-state index in [2.05, 4.69) is 37.0 Å². The highest BCUT2D eigenvalue weighted by atomic mass is 32.2. The summed E-state index contributed by atoms with van der Waals surface area (Å²) < 4.78 is 3.29. The fraction of sp³-hybridized carbons (Fsp3) is 0.350. The van der Waals surface area contributed by atoms with Gasteiger partial charge in [-0.3, -0.25) is 13.9 Å². The van der Waals surface area contributed by atoms with Gasteiger partial charge in [0.15, 0.2) is 16.3 Å². The molecular formula is C20H21N7O3S. The molecule has 4 rings (SSSR count). The fourth-order valence-corrected chi connectivity index (χ4v) is 4.08. The van der Waals surface area contributed by atoms with Gasteiger partial charge in [0.1, 0.15) is 5.03 Å². The van der Waals surface area contributed by atoms with Crippen LogP contribution in [0.15, 0.2) is 33.3 Å². The SMILES string of the molecule is CC#CCn1c(N2CCNCC2)nc2nc(Sc3ccc(C(=O)O)cn3)n(C)c(=O)c21. The monoisotopic (exact) mass is 439 g/mol. The Hall–Kier alpha value is -3.36. The number of rotatable bonds is 5. The zero-order valence-corrected chi connectivity index (χ0v) is 17.9. The van der Waals surface area contributed by atoms with Crippen molar-refractivity contribution in [1.29, 1.82) is 0 Å². The average molecular weight is 440 g/mol. The molecule has 0 atom stereocenters. The number of nitrogens with one attached hydrogen (secondary N) is 1. The van der Waals surface area contributed by atoms with Crippen LogP contribution in [0.2, 0.25) is 0 Å². The highest BCUT2D eigenvalue weighted by molar-refractivity contribution is 7.99. The molecule has 0 aromatic carbocycles. The first-order valence-corrected chi connectivity index (χ1v) is 10.5. The van der Waals surface area contributed by atoms with Crippen molar-refractivity contribution in [3.05, 3.63) is 34.2 Å². The summed E-state index contributed by atoms with van der Waals surface area (Å²) in [4.78, 5) is 39.8. The number of carboxylic acids is 1. The van der Waals surface area contributed by atoms with Gasteiger partial charge in [-0.15, -0.1) is 5.92 Å². The normalized spacial score (nSPS) is 13.8. The van der Waals surface area contributed by atoms with Crippen molar-refractivity contribution in [2.75, 3.05) is 31.1 Å². The molecule has 3 aromatic heterocycles. The van der Waals surface area contributed by atoms with Crippen molar-refractivity contribution < 1.29 is 9.90 Å². The van der Waals surface area contributed by atoms with Gasteiger partial charge in [-0.25, -0.2) is 14.8 Å². The van der Waals surface area contributed by atoms with Gasteiger partial charge in [0.25, 0.3) is 5.56 Å². The summed E-state index contributed by atoms with van der Waals surface area (Å²) in [6.45, 7) is 5.36. The minimum Gasteiger partial charge on any atom is -0.478 e. The van der Waals surface area contributed by atoms with Crippen LogP contribution in [0.3, 0.4) is 0 Å². The number of fused-ring (bicyclic) bond motifs is 1. The predicted octanol–water partition coefficient (Wildman–Crippen LogP) is 0.807. The third-order valence-corrected chi connectivity index (χ3v) is 5.92. The molecule has 3 aromatic rings. The van der Waals surface area contributed by atoms with Crippen LogP contribution in [-0.2, 0) is 13.6 Å². The lowest BCUT2D eigenvalue weighted by molar-refractivity contribution is 0.0696. The van der Waals surface area contributed by atoms with E-state index in [9.17, 15) is 9.59 Å². The average Bonchev–Trinajstić information content (AvgIpc) is 3.15. The predicted molar refractivity (Wildman–Crippen MR) is 117 cm³/mol. The molecule has 4 heterocycles. The quantitative estimate of drug-likeness (QED) is 0.440.